The molecule has 18 heavy (non-hydrogen) atoms. The zero-order valence-electron chi connectivity index (χ0n) is 12.1. The monoisotopic (exact) mass is 258 g/mol. The van der Waals surface area contributed by atoms with E-state index < -0.39 is 5.79 Å². The molecule has 1 aliphatic rings. The van der Waals surface area contributed by atoms with Crippen molar-refractivity contribution in [3.05, 3.63) is 0 Å². The Kier molecular flexibility index (Phi) is 5.60. The third-order valence-corrected chi connectivity index (χ3v) is 3.28. The summed E-state index contributed by atoms with van der Waals surface area (Å²) in [5.74, 6) is -0.575. The molecule has 1 rings (SSSR count). The van der Waals surface area contributed by atoms with Crippen LogP contribution >= 0.6 is 0 Å². The molecule has 0 aromatic carbocycles. The van der Waals surface area contributed by atoms with Gasteiger partial charge in [0.1, 0.15) is 0 Å². The van der Waals surface area contributed by atoms with Crippen molar-refractivity contribution in [1.29, 1.82) is 0 Å². The molecule has 1 fully saturated rings. The van der Waals surface area contributed by atoms with Crippen LogP contribution in [0.2, 0.25) is 0 Å². The standard InChI is InChI=1S/C14H26O4/c1-13(2)10-17-14(3,18-11-13)9-7-5-6-8-12(15)16-4/h5-11H2,1-4H3. The smallest absolute Gasteiger partial charge is 0.305 e. The molecule has 4 heteroatoms. The Balaban J connectivity index is 2.14. The molecule has 0 radical (unpaired) electrons. The fourth-order valence-corrected chi connectivity index (χ4v) is 1.92. The van der Waals surface area contributed by atoms with Crippen molar-refractivity contribution >= 4 is 5.97 Å². The van der Waals surface area contributed by atoms with E-state index >= 15 is 0 Å². The van der Waals surface area contributed by atoms with Gasteiger partial charge in [-0.25, -0.2) is 0 Å². The molecule has 0 aromatic heterocycles. The fraction of sp³-hybridized carbons (Fsp3) is 0.929. The maximum Gasteiger partial charge on any atom is 0.305 e. The second-order valence-electron chi connectivity index (χ2n) is 6.01. The van der Waals surface area contributed by atoms with E-state index in [0.717, 1.165) is 38.9 Å². The first-order valence-electron chi connectivity index (χ1n) is 6.72. The summed E-state index contributed by atoms with van der Waals surface area (Å²) in [6.45, 7) is 7.77. The zero-order chi connectivity index (χ0) is 13.6. The second-order valence-corrected chi connectivity index (χ2v) is 6.01. The molecule has 0 amide bonds. The van der Waals surface area contributed by atoms with E-state index in [2.05, 4.69) is 18.6 Å². The Morgan fingerprint density at radius 2 is 1.72 bits per heavy atom. The number of unbranched alkanes of at least 4 members (excludes halogenated alkanes) is 2. The lowest BCUT2D eigenvalue weighted by Gasteiger charge is -2.41. The Bertz CT molecular complexity index is 263. The Morgan fingerprint density at radius 1 is 1.11 bits per heavy atom. The number of esters is 1. The van der Waals surface area contributed by atoms with Crippen molar-refractivity contribution in [1.82, 2.24) is 0 Å². The lowest BCUT2D eigenvalue weighted by atomic mass is 9.94. The summed E-state index contributed by atoms with van der Waals surface area (Å²) in [6, 6.07) is 0. The van der Waals surface area contributed by atoms with E-state index in [1.807, 2.05) is 6.92 Å². The topological polar surface area (TPSA) is 44.8 Å². The third kappa shape index (κ3) is 5.36. The summed E-state index contributed by atoms with van der Waals surface area (Å²) in [4.78, 5) is 10.9. The van der Waals surface area contributed by atoms with Crippen molar-refractivity contribution in [2.45, 2.75) is 58.7 Å². The molecule has 4 nitrogen and oxygen atoms in total. The summed E-state index contributed by atoms with van der Waals surface area (Å²) in [5, 5.41) is 0. The molecule has 1 heterocycles. The average molecular weight is 258 g/mol. The van der Waals surface area contributed by atoms with Crippen LogP contribution in [0.3, 0.4) is 0 Å². The highest BCUT2D eigenvalue weighted by molar-refractivity contribution is 5.68. The summed E-state index contributed by atoms with van der Waals surface area (Å²) < 4.78 is 16.2. The minimum atomic E-state index is -0.444. The molecule has 0 bridgehead atoms. The van der Waals surface area contributed by atoms with Crippen LogP contribution in [0, 0.1) is 5.41 Å². The van der Waals surface area contributed by atoms with Crippen LogP contribution in [0.4, 0.5) is 0 Å². The predicted molar refractivity (Wildman–Crippen MR) is 69.2 cm³/mol. The SMILES string of the molecule is COC(=O)CCCCCC1(C)OCC(C)(C)CO1. The van der Waals surface area contributed by atoms with Crippen molar-refractivity contribution < 1.29 is 19.0 Å². The van der Waals surface area contributed by atoms with Crippen LogP contribution in [0.1, 0.15) is 52.9 Å². The van der Waals surface area contributed by atoms with Gasteiger partial charge in [-0.15, -0.1) is 0 Å². The number of rotatable bonds is 6. The summed E-state index contributed by atoms with van der Waals surface area (Å²) in [7, 11) is 1.43. The fourth-order valence-electron chi connectivity index (χ4n) is 1.92. The van der Waals surface area contributed by atoms with E-state index in [9.17, 15) is 4.79 Å². The van der Waals surface area contributed by atoms with Crippen molar-refractivity contribution in [2.75, 3.05) is 20.3 Å². The lowest BCUT2D eigenvalue weighted by Crippen LogP contribution is -2.45. The molecule has 0 aliphatic carbocycles. The largest absolute Gasteiger partial charge is 0.469 e. The second kappa shape index (κ2) is 6.53. The minimum absolute atomic E-state index is 0.115. The summed E-state index contributed by atoms with van der Waals surface area (Å²) >= 11 is 0. The molecule has 1 saturated heterocycles. The van der Waals surface area contributed by atoms with Crippen molar-refractivity contribution in [3.63, 3.8) is 0 Å². The summed E-state index contributed by atoms with van der Waals surface area (Å²) in [6.07, 6.45) is 4.26. The number of carbonyl (C=O) groups is 1. The third-order valence-electron chi connectivity index (χ3n) is 3.28. The number of hydrogen-bond acceptors (Lipinski definition) is 4. The first-order valence-corrected chi connectivity index (χ1v) is 6.72. The van der Waals surface area contributed by atoms with Gasteiger partial charge in [-0.1, -0.05) is 20.3 Å². The first kappa shape index (κ1) is 15.4. The van der Waals surface area contributed by atoms with Crippen LogP contribution in [0.15, 0.2) is 0 Å². The highest BCUT2D eigenvalue weighted by Gasteiger charge is 2.36. The molecular formula is C14H26O4. The van der Waals surface area contributed by atoms with E-state index in [1.165, 1.54) is 7.11 Å². The molecule has 0 aromatic rings. The Labute approximate surface area is 110 Å². The van der Waals surface area contributed by atoms with Gasteiger partial charge in [-0.05, 0) is 19.8 Å². The molecule has 0 saturated carbocycles. The van der Waals surface area contributed by atoms with Crippen molar-refractivity contribution in [2.24, 2.45) is 5.41 Å². The van der Waals surface area contributed by atoms with Gasteiger partial charge in [-0.2, -0.15) is 0 Å². The molecule has 1 aliphatic heterocycles. The van der Waals surface area contributed by atoms with Crippen LogP contribution < -0.4 is 0 Å². The van der Waals surface area contributed by atoms with E-state index in [4.69, 9.17) is 9.47 Å². The molecule has 0 atom stereocenters. The highest BCUT2D eigenvalue weighted by Crippen LogP contribution is 2.32. The van der Waals surface area contributed by atoms with Gasteiger partial charge in [0, 0.05) is 18.3 Å². The van der Waals surface area contributed by atoms with Gasteiger partial charge in [-0.3, -0.25) is 4.79 Å². The molecule has 106 valence electrons. The minimum Gasteiger partial charge on any atom is -0.469 e. The van der Waals surface area contributed by atoms with Gasteiger partial charge in [0.05, 0.1) is 20.3 Å². The maximum atomic E-state index is 10.9. The van der Waals surface area contributed by atoms with Gasteiger partial charge >= 0.3 is 5.97 Å². The number of hydrogen-bond donors (Lipinski definition) is 0. The van der Waals surface area contributed by atoms with Crippen LogP contribution in [-0.4, -0.2) is 32.1 Å². The number of methoxy groups -OCH3 is 1. The molecule has 0 N–H and O–H groups in total. The van der Waals surface area contributed by atoms with E-state index in [-0.39, 0.29) is 11.4 Å². The molecule has 0 spiro atoms. The van der Waals surface area contributed by atoms with E-state index in [0.29, 0.717) is 6.42 Å². The van der Waals surface area contributed by atoms with Gasteiger partial charge in [0.15, 0.2) is 5.79 Å². The van der Waals surface area contributed by atoms with Gasteiger partial charge in [0.2, 0.25) is 0 Å². The van der Waals surface area contributed by atoms with Crippen LogP contribution in [0.5, 0.6) is 0 Å². The predicted octanol–water partition coefficient (Wildman–Crippen LogP) is 2.90. The van der Waals surface area contributed by atoms with Crippen LogP contribution in [-0.2, 0) is 19.0 Å². The van der Waals surface area contributed by atoms with Crippen LogP contribution in [0.25, 0.3) is 0 Å². The van der Waals surface area contributed by atoms with Gasteiger partial charge in [0.25, 0.3) is 0 Å². The average Bonchev–Trinajstić information content (AvgIpc) is 2.33. The maximum absolute atomic E-state index is 10.9. The zero-order valence-corrected chi connectivity index (χ0v) is 12.1. The first-order chi connectivity index (χ1) is 8.37. The highest BCUT2D eigenvalue weighted by atomic mass is 16.7. The lowest BCUT2D eigenvalue weighted by molar-refractivity contribution is -0.292. The quantitative estimate of drug-likeness (QED) is 0.543. The summed E-state index contributed by atoms with van der Waals surface area (Å²) in [5.41, 5.74) is 0.115. The Hall–Kier alpha value is -0.610. The molecular weight excluding hydrogens is 232 g/mol. The van der Waals surface area contributed by atoms with Gasteiger partial charge < -0.3 is 14.2 Å². The molecule has 0 unspecified atom stereocenters. The van der Waals surface area contributed by atoms with E-state index in [1.54, 1.807) is 0 Å². The Morgan fingerprint density at radius 3 is 2.28 bits per heavy atom. The number of ether oxygens (including phenoxy) is 3. The normalized spacial score (nSPS) is 21.6. The van der Waals surface area contributed by atoms with Crippen molar-refractivity contribution in [3.8, 4) is 0 Å². The number of carbonyl (C=O) groups excluding carboxylic acids is 1.